The number of fused-ring (bicyclic) bond motifs is 1. The molecule has 0 saturated heterocycles. The number of nitrogens with zero attached hydrogens (tertiary/aromatic N) is 5. The Labute approximate surface area is 140 Å². The first-order valence-electron chi connectivity index (χ1n) is 6.99. The number of nitrogen functional groups attached to an aromatic ring is 1. The van der Waals surface area contributed by atoms with E-state index in [1.807, 2.05) is 29.6 Å². The molecule has 0 atom stereocenters. The van der Waals surface area contributed by atoms with Crippen molar-refractivity contribution in [2.75, 3.05) is 12.8 Å². The molecular formula is C15H12N6O2S. The Morgan fingerprint density at radius 2 is 1.88 bits per heavy atom. The van der Waals surface area contributed by atoms with Gasteiger partial charge < -0.3 is 15.2 Å². The van der Waals surface area contributed by atoms with Gasteiger partial charge in [-0.15, -0.1) is 16.4 Å². The Kier molecular flexibility index (Phi) is 3.47. The number of hydrogen-bond acceptors (Lipinski definition) is 8. The molecule has 1 aromatic carbocycles. The molecular weight excluding hydrogens is 328 g/mol. The zero-order valence-corrected chi connectivity index (χ0v) is 13.4. The molecule has 4 aromatic rings. The fourth-order valence-electron chi connectivity index (χ4n) is 2.14. The second kappa shape index (κ2) is 5.78. The third kappa shape index (κ3) is 2.50. The van der Waals surface area contributed by atoms with Gasteiger partial charge in [-0.1, -0.05) is 18.2 Å². The standard InChI is InChI=1S/C15H12N6O2S/c1-22-9-5-2-3-6-10(9)23-15-18-13(16)21-14(19-15)17-12(20-21)11-7-4-8-24-11/h2-8H,1H3,(H2,16,17,18,19,20). The van der Waals surface area contributed by atoms with Gasteiger partial charge in [0.15, 0.2) is 17.3 Å². The number of benzene rings is 1. The predicted molar refractivity (Wildman–Crippen MR) is 89.4 cm³/mol. The van der Waals surface area contributed by atoms with Crippen molar-refractivity contribution >= 4 is 23.1 Å². The van der Waals surface area contributed by atoms with E-state index in [0.29, 0.717) is 23.1 Å². The topological polar surface area (TPSA) is 100 Å². The van der Waals surface area contributed by atoms with Crippen molar-refractivity contribution in [1.29, 1.82) is 0 Å². The third-order valence-corrected chi connectivity index (χ3v) is 4.09. The number of aromatic nitrogens is 5. The van der Waals surface area contributed by atoms with E-state index in [1.165, 1.54) is 15.9 Å². The Morgan fingerprint density at radius 1 is 1.04 bits per heavy atom. The smallest absolute Gasteiger partial charge is 0.328 e. The highest BCUT2D eigenvalue weighted by Crippen LogP contribution is 2.30. The van der Waals surface area contributed by atoms with Crippen molar-refractivity contribution in [2.45, 2.75) is 0 Å². The number of ether oxygens (including phenoxy) is 2. The van der Waals surface area contributed by atoms with Gasteiger partial charge in [0.2, 0.25) is 5.95 Å². The average Bonchev–Trinajstić information content (AvgIpc) is 3.24. The van der Waals surface area contributed by atoms with Crippen LogP contribution in [0.2, 0.25) is 0 Å². The van der Waals surface area contributed by atoms with Crippen LogP contribution in [0.3, 0.4) is 0 Å². The highest BCUT2D eigenvalue weighted by molar-refractivity contribution is 7.13. The first-order chi connectivity index (χ1) is 11.7. The van der Waals surface area contributed by atoms with E-state index >= 15 is 0 Å². The van der Waals surface area contributed by atoms with E-state index in [2.05, 4.69) is 20.1 Å². The van der Waals surface area contributed by atoms with E-state index in [1.54, 1.807) is 19.2 Å². The summed E-state index contributed by atoms with van der Waals surface area (Å²) in [6.07, 6.45) is 0. The normalized spacial score (nSPS) is 10.9. The van der Waals surface area contributed by atoms with Crippen LogP contribution in [0.5, 0.6) is 17.5 Å². The van der Waals surface area contributed by atoms with Crippen LogP contribution in [-0.2, 0) is 0 Å². The maximum Gasteiger partial charge on any atom is 0.328 e. The molecule has 0 aliphatic carbocycles. The van der Waals surface area contributed by atoms with Crippen molar-refractivity contribution in [3.63, 3.8) is 0 Å². The molecule has 0 bridgehead atoms. The highest BCUT2D eigenvalue weighted by atomic mass is 32.1. The van der Waals surface area contributed by atoms with E-state index in [-0.39, 0.29) is 12.0 Å². The SMILES string of the molecule is COc1ccccc1Oc1nc(N)n2nc(-c3cccs3)nc2n1. The second-order valence-electron chi connectivity index (χ2n) is 4.74. The number of methoxy groups -OCH3 is 1. The van der Waals surface area contributed by atoms with E-state index in [4.69, 9.17) is 15.2 Å². The van der Waals surface area contributed by atoms with E-state index in [9.17, 15) is 0 Å². The quantitative estimate of drug-likeness (QED) is 0.609. The second-order valence-corrected chi connectivity index (χ2v) is 5.69. The molecule has 0 aliphatic rings. The van der Waals surface area contributed by atoms with Crippen LogP contribution in [-0.4, -0.2) is 31.7 Å². The van der Waals surface area contributed by atoms with Crippen LogP contribution >= 0.6 is 11.3 Å². The van der Waals surface area contributed by atoms with Gasteiger partial charge in [0.25, 0.3) is 5.78 Å². The largest absolute Gasteiger partial charge is 0.493 e. The van der Waals surface area contributed by atoms with Crippen molar-refractivity contribution < 1.29 is 9.47 Å². The molecule has 2 N–H and O–H groups in total. The lowest BCUT2D eigenvalue weighted by Gasteiger charge is -2.08. The molecule has 8 nitrogen and oxygen atoms in total. The zero-order valence-electron chi connectivity index (χ0n) is 12.6. The number of rotatable bonds is 4. The Balaban J connectivity index is 1.74. The fraction of sp³-hybridized carbons (Fsp3) is 0.0667. The van der Waals surface area contributed by atoms with Gasteiger partial charge >= 0.3 is 6.01 Å². The Hall–Kier alpha value is -3.20. The first kappa shape index (κ1) is 14.4. The molecule has 0 radical (unpaired) electrons. The minimum atomic E-state index is 0.0784. The molecule has 0 amide bonds. The zero-order chi connectivity index (χ0) is 16.5. The van der Waals surface area contributed by atoms with Gasteiger partial charge in [0.05, 0.1) is 12.0 Å². The lowest BCUT2D eigenvalue weighted by molar-refractivity contribution is 0.368. The Morgan fingerprint density at radius 3 is 2.62 bits per heavy atom. The van der Waals surface area contributed by atoms with Crippen LogP contribution in [0.4, 0.5) is 5.95 Å². The first-order valence-corrected chi connectivity index (χ1v) is 7.87. The maximum atomic E-state index is 5.95. The monoisotopic (exact) mass is 340 g/mol. The molecule has 24 heavy (non-hydrogen) atoms. The highest BCUT2D eigenvalue weighted by Gasteiger charge is 2.14. The number of para-hydroxylation sites is 2. The number of hydrogen-bond donors (Lipinski definition) is 1. The predicted octanol–water partition coefficient (Wildman–Crippen LogP) is 2.63. The van der Waals surface area contributed by atoms with Gasteiger partial charge in [-0.3, -0.25) is 0 Å². The van der Waals surface area contributed by atoms with Crippen molar-refractivity contribution in [3.8, 4) is 28.2 Å². The third-order valence-electron chi connectivity index (χ3n) is 3.22. The van der Waals surface area contributed by atoms with Crippen LogP contribution in [0, 0.1) is 0 Å². The minimum absolute atomic E-state index is 0.0784. The fourth-order valence-corrected chi connectivity index (χ4v) is 2.80. The maximum absolute atomic E-state index is 5.95. The van der Waals surface area contributed by atoms with Crippen LogP contribution in [0.15, 0.2) is 41.8 Å². The molecule has 0 saturated carbocycles. The molecule has 4 rings (SSSR count). The average molecular weight is 340 g/mol. The van der Waals surface area contributed by atoms with Gasteiger partial charge in [0, 0.05) is 0 Å². The number of anilines is 1. The molecule has 3 heterocycles. The van der Waals surface area contributed by atoms with Crippen molar-refractivity contribution in [3.05, 3.63) is 41.8 Å². The minimum Gasteiger partial charge on any atom is -0.493 e. The molecule has 3 aromatic heterocycles. The number of thiophene rings is 1. The summed E-state index contributed by atoms with van der Waals surface area (Å²) in [5.74, 6) is 2.05. The lowest BCUT2D eigenvalue weighted by Crippen LogP contribution is -2.05. The van der Waals surface area contributed by atoms with Crippen LogP contribution in [0.1, 0.15) is 0 Å². The molecule has 0 spiro atoms. The summed E-state index contributed by atoms with van der Waals surface area (Å²) in [6, 6.07) is 11.1. The summed E-state index contributed by atoms with van der Waals surface area (Å²) in [6.45, 7) is 0. The molecule has 120 valence electrons. The van der Waals surface area contributed by atoms with E-state index in [0.717, 1.165) is 4.88 Å². The summed E-state index contributed by atoms with van der Waals surface area (Å²) in [4.78, 5) is 13.7. The summed E-state index contributed by atoms with van der Waals surface area (Å²) < 4.78 is 12.3. The summed E-state index contributed by atoms with van der Waals surface area (Å²) in [5, 5.41) is 6.27. The van der Waals surface area contributed by atoms with Crippen molar-refractivity contribution in [1.82, 2.24) is 24.6 Å². The van der Waals surface area contributed by atoms with Gasteiger partial charge in [-0.05, 0) is 23.6 Å². The number of nitrogens with two attached hydrogens (primary N) is 1. The van der Waals surface area contributed by atoms with Crippen molar-refractivity contribution in [2.24, 2.45) is 0 Å². The van der Waals surface area contributed by atoms with Gasteiger partial charge in [-0.25, -0.2) is 0 Å². The van der Waals surface area contributed by atoms with Gasteiger partial charge in [-0.2, -0.15) is 19.5 Å². The molecule has 9 heteroatoms. The molecule has 0 aliphatic heterocycles. The Bertz CT molecular complexity index is 999. The summed E-state index contributed by atoms with van der Waals surface area (Å²) in [7, 11) is 1.56. The lowest BCUT2D eigenvalue weighted by atomic mass is 10.3. The molecule has 0 fully saturated rings. The molecule has 0 unspecified atom stereocenters. The van der Waals surface area contributed by atoms with Crippen LogP contribution < -0.4 is 15.2 Å². The summed E-state index contributed by atoms with van der Waals surface area (Å²) in [5.41, 5.74) is 5.95. The van der Waals surface area contributed by atoms with E-state index < -0.39 is 0 Å². The van der Waals surface area contributed by atoms with Crippen LogP contribution in [0.25, 0.3) is 16.5 Å². The van der Waals surface area contributed by atoms with Gasteiger partial charge in [0.1, 0.15) is 0 Å². The summed E-state index contributed by atoms with van der Waals surface area (Å²) >= 11 is 1.53.